The van der Waals surface area contributed by atoms with Gasteiger partial charge in [-0.3, -0.25) is 9.79 Å². The lowest BCUT2D eigenvalue weighted by atomic mass is 9.84. The summed E-state index contributed by atoms with van der Waals surface area (Å²) in [5.74, 6) is 0.814. The van der Waals surface area contributed by atoms with Gasteiger partial charge in [0.05, 0.1) is 7.11 Å². The average molecular weight is 453 g/mol. The van der Waals surface area contributed by atoms with Gasteiger partial charge >= 0.3 is 5.97 Å². The molecular formula is C18H36IN3O2. The van der Waals surface area contributed by atoms with Gasteiger partial charge in [-0.25, -0.2) is 0 Å². The normalized spacial score (nSPS) is 16.4. The number of hydrogen-bond donors (Lipinski definition) is 2. The molecule has 0 bridgehead atoms. The van der Waals surface area contributed by atoms with Crippen molar-refractivity contribution in [2.24, 2.45) is 10.4 Å². The SMILES string of the molecule is CCNC(=NCC1(CC)CCCC1)NCCCCCC(=O)OC.I. The molecule has 0 aromatic rings. The third-order valence-electron chi connectivity index (χ3n) is 4.91. The number of methoxy groups -OCH3 is 1. The number of rotatable bonds is 10. The van der Waals surface area contributed by atoms with Crippen molar-refractivity contribution in [3.8, 4) is 0 Å². The van der Waals surface area contributed by atoms with Crippen LogP contribution in [-0.2, 0) is 9.53 Å². The Bertz CT molecular complexity index is 369. The van der Waals surface area contributed by atoms with E-state index >= 15 is 0 Å². The van der Waals surface area contributed by atoms with Crippen LogP contribution in [0.2, 0.25) is 0 Å². The number of carbonyl (C=O) groups excluding carboxylic acids is 1. The summed E-state index contributed by atoms with van der Waals surface area (Å²) in [5, 5.41) is 6.74. The van der Waals surface area contributed by atoms with Crippen LogP contribution in [0.3, 0.4) is 0 Å². The third-order valence-corrected chi connectivity index (χ3v) is 4.91. The third kappa shape index (κ3) is 9.08. The molecule has 5 nitrogen and oxygen atoms in total. The van der Waals surface area contributed by atoms with E-state index in [1.807, 2.05) is 0 Å². The first-order valence-corrected chi connectivity index (χ1v) is 9.25. The highest BCUT2D eigenvalue weighted by atomic mass is 127. The summed E-state index contributed by atoms with van der Waals surface area (Å²) < 4.78 is 4.64. The number of ether oxygens (including phenoxy) is 1. The lowest BCUT2D eigenvalue weighted by Crippen LogP contribution is -2.38. The van der Waals surface area contributed by atoms with Gasteiger partial charge in [-0.15, -0.1) is 24.0 Å². The van der Waals surface area contributed by atoms with Crippen LogP contribution >= 0.6 is 24.0 Å². The zero-order chi connectivity index (χ0) is 17.0. The van der Waals surface area contributed by atoms with Crippen LogP contribution in [-0.4, -0.2) is 38.7 Å². The van der Waals surface area contributed by atoms with E-state index in [2.05, 4.69) is 29.2 Å². The van der Waals surface area contributed by atoms with E-state index < -0.39 is 0 Å². The summed E-state index contributed by atoms with van der Waals surface area (Å²) in [7, 11) is 1.44. The average Bonchev–Trinajstić information content (AvgIpc) is 3.04. The molecule has 2 N–H and O–H groups in total. The number of guanidine groups is 1. The maximum absolute atomic E-state index is 11.0. The molecule has 0 amide bonds. The molecule has 0 radical (unpaired) electrons. The lowest BCUT2D eigenvalue weighted by Gasteiger charge is -2.25. The standard InChI is InChI=1S/C18H35N3O2.HI/c1-4-18(12-8-9-13-18)15-21-17(19-5-2)20-14-10-6-7-11-16(22)23-3;/h4-15H2,1-3H3,(H2,19,20,21);1H. The Morgan fingerprint density at radius 3 is 2.42 bits per heavy atom. The monoisotopic (exact) mass is 453 g/mol. The predicted molar refractivity (Wildman–Crippen MR) is 111 cm³/mol. The lowest BCUT2D eigenvalue weighted by molar-refractivity contribution is -0.140. The molecule has 1 aliphatic carbocycles. The summed E-state index contributed by atoms with van der Waals surface area (Å²) in [6.07, 6.45) is 10.1. The van der Waals surface area contributed by atoms with Crippen molar-refractivity contribution in [2.75, 3.05) is 26.7 Å². The molecule has 24 heavy (non-hydrogen) atoms. The quantitative estimate of drug-likeness (QED) is 0.173. The number of carbonyl (C=O) groups is 1. The Morgan fingerprint density at radius 1 is 1.12 bits per heavy atom. The smallest absolute Gasteiger partial charge is 0.305 e. The molecule has 1 saturated carbocycles. The van der Waals surface area contributed by atoms with E-state index in [1.54, 1.807) is 0 Å². The Hall–Kier alpha value is -0.530. The molecule has 0 aromatic carbocycles. The topological polar surface area (TPSA) is 62.7 Å². The van der Waals surface area contributed by atoms with E-state index in [9.17, 15) is 4.79 Å². The van der Waals surface area contributed by atoms with Crippen molar-refractivity contribution in [3.63, 3.8) is 0 Å². The van der Waals surface area contributed by atoms with Gasteiger partial charge in [-0.1, -0.05) is 26.2 Å². The van der Waals surface area contributed by atoms with Crippen LogP contribution in [0.15, 0.2) is 4.99 Å². The first-order chi connectivity index (χ1) is 11.2. The number of aliphatic imine (C=N–C) groups is 1. The van der Waals surface area contributed by atoms with Gasteiger partial charge in [0.25, 0.3) is 0 Å². The van der Waals surface area contributed by atoms with Gasteiger partial charge in [-0.2, -0.15) is 0 Å². The predicted octanol–water partition coefficient (Wildman–Crippen LogP) is 3.86. The van der Waals surface area contributed by atoms with E-state index in [4.69, 9.17) is 4.99 Å². The molecular weight excluding hydrogens is 417 g/mol. The molecule has 0 heterocycles. The Labute approximate surface area is 164 Å². The van der Waals surface area contributed by atoms with Crippen molar-refractivity contribution in [3.05, 3.63) is 0 Å². The highest BCUT2D eigenvalue weighted by Gasteiger charge is 2.31. The maximum Gasteiger partial charge on any atom is 0.305 e. The molecule has 0 aliphatic heterocycles. The maximum atomic E-state index is 11.0. The number of nitrogens with zero attached hydrogens (tertiary/aromatic N) is 1. The number of halogens is 1. The number of hydrogen-bond acceptors (Lipinski definition) is 3. The highest BCUT2D eigenvalue weighted by Crippen LogP contribution is 2.41. The fourth-order valence-corrected chi connectivity index (χ4v) is 3.22. The minimum Gasteiger partial charge on any atom is -0.469 e. The van der Waals surface area contributed by atoms with Crippen LogP contribution in [0.25, 0.3) is 0 Å². The van der Waals surface area contributed by atoms with Gasteiger partial charge in [0, 0.05) is 26.1 Å². The second-order valence-corrected chi connectivity index (χ2v) is 6.57. The van der Waals surface area contributed by atoms with E-state index in [0.717, 1.165) is 44.9 Å². The van der Waals surface area contributed by atoms with Crippen molar-refractivity contribution in [1.29, 1.82) is 0 Å². The molecule has 142 valence electrons. The second-order valence-electron chi connectivity index (χ2n) is 6.57. The summed E-state index contributed by atoms with van der Waals surface area (Å²) in [6.45, 7) is 7.10. The largest absolute Gasteiger partial charge is 0.469 e. The fourth-order valence-electron chi connectivity index (χ4n) is 3.22. The van der Waals surface area contributed by atoms with Crippen molar-refractivity contribution >= 4 is 35.9 Å². The zero-order valence-electron chi connectivity index (χ0n) is 15.7. The van der Waals surface area contributed by atoms with Gasteiger partial charge in [0.1, 0.15) is 0 Å². The summed E-state index contributed by atoms with van der Waals surface area (Å²) >= 11 is 0. The van der Waals surface area contributed by atoms with Crippen LogP contribution in [0.4, 0.5) is 0 Å². The van der Waals surface area contributed by atoms with E-state index in [1.165, 1.54) is 39.2 Å². The number of esters is 1. The highest BCUT2D eigenvalue weighted by molar-refractivity contribution is 14.0. The number of nitrogens with one attached hydrogen (secondary N) is 2. The molecule has 0 unspecified atom stereocenters. The zero-order valence-corrected chi connectivity index (χ0v) is 18.0. The Morgan fingerprint density at radius 2 is 1.83 bits per heavy atom. The molecule has 0 aromatic heterocycles. The first-order valence-electron chi connectivity index (χ1n) is 9.25. The number of unbranched alkanes of at least 4 members (excludes halogenated alkanes) is 2. The minimum atomic E-state index is -0.116. The molecule has 1 rings (SSSR count). The Balaban J connectivity index is 0.00000529. The minimum absolute atomic E-state index is 0. The summed E-state index contributed by atoms with van der Waals surface area (Å²) in [5.41, 5.74) is 0.433. The molecule has 1 fully saturated rings. The Kier molecular flexibility index (Phi) is 13.4. The van der Waals surface area contributed by atoms with Crippen molar-refractivity contribution in [2.45, 2.75) is 71.6 Å². The summed E-state index contributed by atoms with van der Waals surface area (Å²) in [6, 6.07) is 0. The van der Waals surface area contributed by atoms with Crippen LogP contribution in [0.5, 0.6) is 0 Å². The van der Waals surface area contributed by atoms with Crippen LogP contribution < -0.4 is 10.6 Å². The van der Waals surface area contributed by atoms with Crippen LogP contribution in [0.1, 0.15) is 71.6 Å². The molecule has 0 spiro atoms. The fraction of sp³-hybridized carbons (Fsp3) is 0.889. The van der Waals surface area contributed by atoms with Gasteiger partial charge < -0.3 is 15.4 Å². The molecule has 0 atom stereocenters. The molecule has 1 aliphatic rings. The van der Waals surface area contributed by atoms with Crippen molar-refractivity contribution in [1.82, 2.24) is 10.6 Å². The van der Waals surface area contributed by atoms with Gasteiger partial charge in [0.15, 0.2) is 5.96 Å². The van der Waals surface area contributed by atoms with Gasteiger partial charge in [0.2, 0.25) is 0 Å². The van der Waals surface area contributed by atoms with E-state index in [-0.39, 0.29) is 29.9 Å². The van der Waals surface area contributed by atoms with Crippen molar-refractivity contribution < 1.29 is 9.53 Å². The summed E-state index contributed by atoms with van der Waals surface area (Å²) in [4.78, 5) is 15.9. The molecule has 0 saturated heterocycles. The second kappa shape index (κ2) is 13.7. The van der Waals surface area contributed by atoms with Crippen LogP contribution in [0, 0.1) is 5.41 Å². The van der Waals surface area contributed by atoms with E-state index in [0.29, 0.717) is 11.8 Å². The molecule has 6 heteroatoms. The van der Waals surface area contributed by atoms with Gasteiger partial charge in [-0.05, 0) is 44.4 Å². The first kappa shape index (κ1) is 23.5.